The number of sulfonamides is 1. The first-order valence-electron chi connectivity index (χ1n) is 6.96. The van der Waals surface area contributed by atoms with E-state index in [4.69, 9.17) is 10.5 Å². The van der Waals surface area contributed by atoms with Crippen molar-refractivity contribution in [2.24, 2.45) is 0 Å². The molecule has 7 heteroatoms. The van der Waals surface area contributed by atoms with Gasteiger partial charge < -0.3 is 15.4 Å². The monoisotopic (exact) mass is 313 g/mol. The van der Waals surface area contributed by atoms with Gasteiger partial charge in [-0.25, -0.2) is 8.42 Å². The van der Waals surface area contributed by atoms with E-state index in [1.54, 1.807) is 16.4 Å². The van der Waals surface area contributed by atoms with Crippen molar-refractivity contribution in [3.05, 3.63) is 18.2 Å². The number of nitrogens with zero attached hydrogens (tertiary/aromatic N) is 2. The molecule has 0 aliphatic carbocycles. The lowest BCUT2D eigenvalue weighted by molar-refractivity contribution is 0.190. The van der Waals surface area contributed by atoms with Gasteiger partial charge in [-0.1, -0.05) is 0 Å². The van der Waals surface area contributed by atoms with E-state index in [2.05, 4.69) is 4.90 Å². The fraction of sp³-hybridized carbons (Fsp3) is 0.571. The number of piperidine rings is 1. The molecule has 2 rings (SSSR count). The van der Waals surface area contributed by atoms with Crippen LogP contribution in [-0.2, 0) is 10.0 Å². The number of benzene rings is 1. The summed E-state index contributed by atoms with van der Waals surface area (Å²) >= 11 is 0. The highest BCUT2D eigenvalue weighted by Crippen LogP contribution is 2.28. The van der Waals surface area contributed by atoms with Crippen LogP contribution in [0.25, 0.3) is 0 Å². The number of likely N-dealkylation sites (N-methyl/N-ethyl adjacent to an activating group) is 1. The Hall–Kier alpha value is -1.31. The fourth-order valence-corrected chi connectivity index (χ4v) is 4.13. The third-order valence-corrected chi connectivity index (χ3v) is 5.79. The van der Waals surface area contributed by atoms with E-state index in [1.807, 2.05) is 14.1 Å². The first-order chi connectivity index (χ1) is 9.86. The van der Waals surface area contributed by atoms with Crippen LogP contribution in [0.15, 0.2) is 23.1 Å². The highest BCUT2D eigenvalue weighted by Gasteiger charge is 2.31. The average molecular weight is 313 g/mol. The molecular weight excluding hydrogens is 290 g/mol. The zero-order chi connectivity index (χ0) is 15.6. The Morgan fingerprint density at radius 3 is 2.67 bits per heavy atom. The third kappa shape index (κ3) is 3.30. The second kappa shape index (κ2) is 6.21. The minimum atomic E-state index is -3.50. The molecule has 1 aliphatic heterocycles. The molecule has 0 spiro atoms. The number of nitrogens with two attached hydrogens (primary N) is 1. The molecule has 0 bridgehead atoms. The van der Waals surface area contributed by atoms with Gasteiger partial charge in [0.25, 0.3) is 0 Å². The Morgan fingerprint density at radius 1 is 1.38 bits per heavy atom. The number of hydrogen-bond donors (Lipinski definition) is 1. The molecule has 21 heavy (non-hydrogen) atoms. The van der Waals surface area contributed by atoms with Crippen LogP contribution in [-0.4, -0.2) is 58.0 Å². The van der Waals surface area contributed by atoms with Gasteiger partial charge in [-0.05, 0) is 45.1 Å². The number of anilines is 1. The number of rotatable bonds is 4. The Bertz CT molecular complexity index is 601. The molecule has 1 aliphatic rings. The zero-order valence-electron chi connectivity index (χ0n) is 12.7. The number of hydrogen-bond acceptors (Lipinski definition) is 5. The molecule has 2 N–H and O–H groups in total. The van der Waals surface area contributed by atoms with Crippen molar-refractivity contribution in [3.8, 4) is 5.75 Å². The van der Waals surface area contributed by atoms with E-state index in [0.29, 0.717) is 24.5 Å². The zero-order valence-corrected chi connectivity index (χ0v) is 13.6. The van der Waals surface area contributed by atoms with E-state index in [1.165, 1.54) is 13.2 Å². The third-order valence-electron chi connectivity index (χ3n) is 3.93. The molecule has 0 amide bonds. The van der Waals surface area contributed by atoms with Gasteiger partial charge in [0, 0.05) is 19.1 Å². The Labute approximate surface area is 126 Å². The van der Waals surface area contributed by atoms with Crippen LogP contribution >= 0.6 is 0 Å². The number of nitrogen functional groups attached to an aromatic ring is 1. The van der Waals surface area contributed by atoms with Crippen LogP contribution in [0, 0.1) is 0 Å². The van der Waals surface area contributed by atoms with Crippen molar-refractivity contribution in [2.45, 2.75) is 23.8 Å². The molecular formula is C14H23N3O3S. The van der Waals surface area contributed by atoms with Crippen LogP contribution in [0.3, 0.4) is 0 Å². The van der Waals surface area contributed by atoms with E-state index >= 15 is 0 Å². The van der Waals surface area contributed by atoms with Gasteiger partial charge in [0.2, 0.25) is 10.0 Å². The molecule has 1 atom stereocenters. The maximum absolute atomic E-state index is 12.7. The number of methoxy groups -OCH3 is 1. The van der Waals surface area contributed by atoms with E-state index in [9.17, 15) is 8.42 Å². The SMILES string of the molecule is COc1ccc(S(=O)(=O)N2CCCC(N(C)C)C2)cc1N. The van der Waals surface area contributed by atoms with Crippen molar-refractivity contribution < 1.29 is 13.2 Å². The first-order valence-corrected chi connectivity index (χ1v) is 8.40. The van der Waals surface area contributed by atoms with Gasteiger partial charge >= 0.3 is 0 Å². The maximum atomic E-state index is 12.7. The van der Waals surface area contributed by atoms with Gasteiger partial charge in [-0.3, -0.25) is 0 Å². The van der Waals surface area contributed by atoms with Crippen molar-refractivity contribution in [3.63, 3.8) is 0 Å². The van der Waals surface area contributed by atoms with Gasteiger partial charge in [-0.2, -0.15) is 4.31 Å². The number of ether oxygens (including phenoxy) is 1. The predicted molar refractivity (Wildman–Crippen MR) is 82.9 cm³/mol. The summed E-state index contributed by atoms with van der Waals surface area (Å²) in [6.07, 6.45) is 1.89. The van der Waals surface area contributed by atoms with Gasteiger partial charge in [0.15, 0.2) is 0 Å². The highest BCUT2D eigenvalue weighted by atomic mass is 32.2. The van der Waals surface area contributed by atoms with Gasteiger partial charge in [0.05, 0.1) is 17.7 Å². The molecule has 0 saturated carbocycles. The molecule has 0 radical (unpaired) electrons. The van der Waals surface area contributed by atoms with Crippen LogP contribution < -0.4 is 10.5 Å². The van der Waals surface area contributed by atoms with Crippen molar-refractivity contribution in [2.75, 3.05) is 40.0 Å². The standard InChI is InChI=1S/C14H23N3O3S/c1-16(2)11-5-4-8-17(10-11)21(18,19)12-6-7-14(20-3)13(15)9-12/h6-7,9,11H,4-5,8,10,15H2,1-3H3. The molecule has 1 fully saturated rings. The smallest absolute Gasteiger partial charge is 0.243 e. The van der Waals surface area contributed by atoms with Crippen LogP contribution in [0.4, 0.5) is 5.69 Å². The second-order valence-corrected chi connectivity index (χ2v) is 7.46. The Morgan fingerprint density at radius 2 is 2.10 bits per heavy atom. The summed E-state index contributed by atoms with van der Waals surface area (Å²) in [4.78, 5) is 2.30. The molecule has 1 heterocycles. The summed E-state index contributed by atoms with van der Waals surface area (Å²) in [7, 11) is 1.96. The van der Waals surface area contributed by atoms with Gasteiger partial charge in [-0.15, -0.1) is 0 Å². The highest BCUT2D eigenvalue weighted by molar-refractivity contribution is 7.89. The largest absolute Gasteiger partial charge is 0.495 e. The fourth-order valence-electron chi connectivity index (χ4n) is 2.58. The van der Waals surface area contributed by atoms with Crippen molar-refractivity contribution in [1.29, 1.82) is 0 Å². The molecule has 118 valence electrons. The summed E-state index contributed by atoms with van der Waals surface area (Å²) < 4.78 is 32.0. The lowest BCUT2D eigenvalue weighted by atomic mass is 10.1. The molecule has 6 nitrogen and oxygen atoms in total. The summed E-state index contributed by atoms with van der Waals surface area (Å²) in [5.74, 6) is 0.485. The molecule has 1 saturated heterocycles. The molecule has 1 unspecified atom stereocenters. The summed E-state index contributed by atoms with van der Waals surface area (Å²) in [5, 5.41) is 0. The van der Waals surface area contributed by atoms with Crippen LogP contribution in [0.5, 0.6) is 5.75 Å². The normalized spacial score (nSPS) is 20.7. The quantitative estimate of drug-likeness (QED) is 0.839. The van der Waals surface area contributed by atoms with Crippen molar-refractivity contribution >= 4 is 15.7 Å². The van der Waals surface area contributed by atoms with Crippen LogP contribution in [0.2, 0.25) is 0 Å². The average Bonchev–Trinajstić information content (AvgIpc) is 2.47. The summed E-state index contributed by atoms with van der Waals surface area (Å²) in [6, 6.07) is 4.86. The predicted octanol–water partition coefficient (Wildman–Crippen LogP) is 0.992. The first kappa shape index (κ1) is 16.1. The van der Waals surface area contributed by atoms with Gasteiger partial charge in [0.1, 0.15) is 5.75 Å². The Kier molecular flexibility index (Phi) is 4.75. The topological polar surface area (TPSA) is 75.9 Å². The Balaban J connectivity index is 2.27. The molecule has 1 aromatic rings. The maximum Gasteiger partial charge on any atom is 0.243 e. The summed E-state index contributed by atoms with van der Waals surface area (Å²) in [6.45, 7) is 1.07. The second-order valence-electron chi connectivity index (χ2n) is 5.53. The van der Waals surface area contributed by atoms with Crippen LogP contribution in [0.1, 0.15) is 12.8 Å². The molecule has 1 aromatic carbocycles. The van der Waals surface area contributed by atoms with E-state index < -0.39 is 10.0 Å². The lowest BCUT2D eigenvalue weighted by Crippen LogP contribution is -2.47. The molecule has 0 aromatic heterocycles. The lowest BCUT2D eigenvalue weighted by Gasteiger charge is -2.35. The summed E-state index contributed by atoms with van der Waals surface area (Å²) in [5.41, 5.74) is 6.15. The minimum absolute atomic E-state index is 0.222. The van der Waals surface area contributed by atoms with E-state index in [0.717, 1.165) is 12.8 Å². The minimum Gasteiger partial charge on any atom is -0.495 e. The van der Waals surface area contributed by atoms with Crippen molar-refractivity contribution in [1.82, 2.24) is 9.21 Å². The van der Waals surface area contributed by atoms with E-state index in [-0.39, 0.29) is 10.9 Å².